The summed E-state index contributed by atoms with van der Waals surface area (Å²) in [4.78, 5) is 11.2. The summed E-state index contributed by atoms with van der Waals surface area (Å²) in [6.45, 7) is 1.99. The summed E-state index contributed by atoms with van der Waals surface area (Å²) in [5, 5.41) is 0.265. The summed E-state index contributed by atoms with van der Waals surface area (Å²) in [6.07, 6.45) is -0.0498. The van der Waals surface area contributed by atoms with Crippen LogP contribution >= 0.6 is 23.2 Å². The lowest BCUT2D eigenvalue weighted by molar-refractivity contribution is -0.142. The number of hydrogen-bond donors (Lipinski definition) is 0. The summed E-state index contributed by atoms with van der Waals surface area (Å²) in [5.41, 5.74) is 0.387. The molecule has 1 aromatic carbocycles. The monoisotopic (exact) mass is 250 g/mol. The Hall–Kier alpha value is -0.800. The van der Waals surface area contributed by atoms with Crippen LogP contribution in [-0.2, 0) is 16.0 Å². The SMILES string of the molecule is CCOC(=O)Cc1c(Cl)cc(F)cc1Cl. The summed E-state index contributed by atoms with van der Waals surface area (Å²) in [6, 6.07) is 2.23. The van der Waals surface area contributed by atoms with Gasteiger partial charge in [0, 0.05) is 15.6 Å². The minimum absolute atomic E-state index is 0.0498. The third-order valence-corrected chi connectivity index (χ3v) is 2.41. The van der Waals surface area contributed by atoms with Crippen molar-refractivity contribution in [1.29, 1.82) is 0 Å². The van der Waals surface area contributed by atoms with Crippen molar-refractivity contribution < 1.29 is 13.9 Å². The van der Waals surface area contributed by atoms with Crippen LogP contribution in [0.2, 0.25) is 10.0 Å². The van der Waals surface area contributed by atoms with E-state index in [2.05, 4.69) is 0 Å². The number of rotatable bonds is 3. The largest absolute Gasteiger partial charge is 0.466 e. The van der Waals surface area contributed by atoms with Gasteiger partial charge >= 0.3 is 5.97 Å². The number of esters is 1. The van der Waals surface area contributed by atoms with Gasteiger partial charge in [-0.1, -0.05) is 23.2 Å². The van der Waals surface area contributed by atoms with Crippen LogP contribution in [0.5, 0.6) is 0 Å². The Kier molecular flexibility index (Phi) is 4.36. The first-order chi connectivity index (χ1) is 7.04. The molecule has 1 rings (SSSR count). The quantitative estimate of drug-likeness (QED) is 0.771. The smallest absolute Gasteiger partial charge is 0.310 e. The van der Waals surface area contributed by atoms with E-state index in [0.717, 1.165) is 12.1 Å². The van der Waals surface area contributed by atoms with Crippen LogP contribution in [-0.4, -0.2) is 12.6 Å². The van der Waals surface area contributed by atoms with E-state index in [4.69, 9.17) is 27.9 Å². The summed E-state index contributed by atoms with van der Waals surface area (Å²) >= 11 is 11.5. The summed E-state index contributed by atoms with van der Waals surface area (Å²) in [7, 11) is 0. The molecule has 0 aliphatic carbocycles. The fourth-order valence-corrected chi connectivity index (χ4v) is 1.69. The van der Waals surface area contributed by atoms with E-state index in [1.165, 1.54) is 0 Å². The van der Waals surface area contributed by atoms with Crippen LogP contribution in [0.1, 0.15) is 12.5 Å². The molecule has 1 aromatic rings. The number of ether oxygens (including phenoxy) is 1. The van der Waals surface area contributed by atoms with Crippen molar-refractivity contribution in [2.24, 2.45) is 0 Å². The van der Waals surface area contributed by atoms with Gasteiger partial charge in [-0.25, -0.2) is 4.39 Å². The van der Waals surface area contributed by atoms with E-state index in [9.17, 15) is 9.18 Å². The van der Waals surface area contributed by atoms with Gasteiger partial charge < -0.3 is 4.74 Å². The number of benzene rings is 1. The van der Waals surface area contributed by atoms with Gasteiger partial charge in [0.25, 0.3) is 0 Å². The second-order valence-corrected chi connectivity index (χ2v) is 3.64. The molecule has 0 radical (unpaired) electrons. The van der Waals surface area contributed by atoms with Crippen molar-refractivity contribution in [2.45, 2.75) is 13.3 Å². The molecule has 0 aromatic heterocycles. The highest BCUT2D eigenvalue weighted by Gasteiger charge is 2.13. The Labute approximate surface area is 96.9 Å². The molecule has 0 saturated carbocycles. The molecule has 0 atom stereocenters. The Bertz CT molecular complexity index is 357. The number of hydrogen-bond acceptors (Lipinski definition) is 2. The second-order valence-electron chi connectivity index (χ2n) is 2.83. The maximum Gasteiger partial charge on any atom is 0.310 e. The van der Waals surface area contributed by atoms with Crippen molar-refractivity contribution in [1.82, 2.24) is 0 Å². The second kappa shape index (κ2) is 5.33. The normalized spacial score (nSPS) is 10.1. The topological polar surface area (TPSA) is 26.3 Å². The van der Waals surface area contributed by atoms with E-state index < -0.39 is 11.8 Å². The molecule has 0 fully saturated rings. The molecule has 0 heterocycles. The van der Waals surface area contributed by atoms with Gasteiger partial charge in [-0.3, -0.25) is 4.79 Å². The maximum absolute atomic E-state index is 12.8. The third kappa shape index (κ3) is 3.36. The van der Waals surface area contributed by atoms with Crippen LogP contribution in [0, 0.1) is 5.82 Å². The number of carbonyl (C=O) groups is 1. The first-order valence-electron chi connectivity index (χ1n) is 4.33. The molecule has 0 aliphatic rings. The Morgan fingerprint density at radius 2 is 1.93 bits per heavy atom. The predicted molar refractivity (Wildman–Crippen MR) is 56.8 cm³/mol. The van der Waals surface area contributed by atoms with Crippen LogP contribution in [0.25, 0.3) is 0 Å². The predicted octanol–water partition coefficient (Wildman–Crippen LogP) is 3.24. The number of carbonyl (C=O) groups excluding carboxylic acids is 1. The minimum atomic E-state index is -0.530. The highest BCUT2D eigenvalue weighted by atomic mass is 35.5. The molecule has 0 aliphatic heterocycles. The lowest BCUT2D eigenvalue weighted by Gasteiger charge is -2.06. The Balaban J connectivity index is 2.90. The zero-order valence-corrected chi connectivity index (χ0v) is 9.53. The molecule has 0 N–H and O–H groups in total. The van der Waals surface area contributed by atoms with Crippen LogP contribution < -0.4 is 0 Å². The van der Waals surface area contributed by atoms with Crippen LogP contribution in [0.15, 0.2) is 12.1 Å². The first kappa shape index (κ1) is 12.3. The molecule has 2 nitrogen and oxygen atoms in total. The van der Waals surface area contributed by atoms with Crippen LogP contribution in [0.4, 0.5) is 4.39 Å². The Morgan fingerprint density at radius 3 is 2.40 bits per heavy atom. The van der Waals surface area contributed by atoms with Crippen molar-refractivity contribution in [3.8, 4) is 0 Å². The van der Waals surface area contributed by atoms with Crippen molar-refractivity contribution >= 4 is 29.2 Å². The van der Waals surface area contributed by atoms with E-state index in [1.807, 2.05) is 0 Å². The maximum atomic E-state index is 12.8. The van der Waals surface area contributed by atoms with Gasteiger partial charge in [-0.15, -0.1) is 0 Å². The van der Waals surface area contributed by atoms with Crippen LogP contribution in [0.3, 0.4) is 0 Å². The van der Waals surface area contributed by atoms with Gasteiger partial charge in [0.2, 0.25) is 0 Å². The molecular formula is C10H9Cl2FO2. The standard InChI is InChI=1S/C10H9Cl2FO2/c1-2-15-10(14)5-7-8(11)3-6(13)4-9(7)12/h3-4H,2,5H2,1H3. The zero-order chi connectivity index (χ0) is 11.4. The Morgan fingerprint density at radius 1 is 1.40 bits per heavy atom. The fourth-order valence-electron chi connectivity index (χ4n) is 1.10. The van der Waals surface area contributed by atoms with E-state index in [1.54, 1.807) is 6.92 Å². The fraction of sp³-hybridized carbons (Fsp3) is 0.300. The molecule has 82 valence electrons. The van der Waals surface area contributed by atoms with Gasteiger partial charge in [-0.2, -0.15) is 0 Å². The van der Waals surface area contributed by atoms with Crippen molar-refractivity contribution in [3.05, 3.63) is 33.6 Å². The van der Waals surface area contributed by atoms with E-state index >= 15 is 0 Å². The zero-order valence-electron chi connectivity index (χ0n) is 8.02. The van der Waals surface area contributed by atoms with Gasteiger partial charge in [0.05, 0.1) is 13.0 Å². The third-order valence-electron chi connectivity index (χ3n) is 1.73. The van der Waals surface area contributed by atoms with E-state index in [0.29, 0.717) is 5.56 Å². The lowest BCUT2D eigenvalue weighted by Crippen LogP contribution is -2.08. The molecule has 5 heteroatoms. The first-order valence-corrected chi connectivity index (χ1v) is 5.09. The summed E-state index contributed by atoms with van der Waals surface area (Å²) in [5.74, 6) is -0.967. The summed E-state index contributed by atoms with van der Waals surface area (Å²) < 4.78 is 17.5. The molecule has 0 bridgehead atoms. The van der Waals surface area contributed by atoms with Crippen molar-refractivity contribution in [3.63, 3.8) is 0 Å². The molecule has 0 saturated heterocycles. The highest BCUT2D eigenvalue weighted by Crippen LogP contribution is 2.26. The van der Waals surface area contributed by atoms with Gasteiger partial charge in [0.1, 0.15) is 5.82 Å². The molecule has 15 heavy (non-hydrogen) atoms. The average Bonchev–Trinajstić information content (AvgIpc) is 2.11. The molecular weight excluding hydrogens is 242 g/mol. The van der Waals surface area contributed by atoms with Gasteiger partial charge in [0.15, 0.2) is 0 Å². The van der Waals surface area contributed by atoms with Gasteiger partial charge in [-0.05, 0) is 19.1 Å². The van der Waals surface area contributed by atoms with E-state index in [-0.39, 0.29) is 23.1 Å². The molecule has 0 amide bonds. The highest BCUT2D eigenvalue weighted by molar-refractivity contribution is 6.36. The van der Waals surface area contributed by atoms with Crippen molar-refractivity contribution in [2.75, 3.05) is 6.61 Å². The molecule has 0 spiro atoms. The molecule has 0 unspecified atom stereocenters. The number of halogens is 3. The minimum Gasteiger partial charge on any atom is -0.466 e. The lowest BCUT2D eigenvalue weighted by atomic mass is 10.1. The average molecular weight is 251 g/mol.